The highest BCUT2D eigenvalue weighted by Crippen LogP contribution is 2.34. The fourth-order valence-corrected chi connectivity index (χ4v) is 4.04. The highest BCUT2D eigenvalue weighted by molar-refractivity contribution is 6.16. The molecule has 0 atom stereocenters. The van der Waals surface area contributed by atoms with Crippen LogP contribution in [0.2, 0.25) is 0 Å². The molecule has 5 aromatic rings. The molecule has 154 valence electrons. The van der Waals surface area contributed by atoms with Crippen molar-refractivity contribution >= 4 is 33.8 Å². The van der Waals surface area contributed by atoms with Crippen LogP contribution in [0.25, 0.3) is 39.1 Å². The number of nitrogens with zero attached hydrogens (tertiary/aromatic N) is 3. The SMILES string of the molecule is Cc1ccc2c(-c3ccccc3)c(C(=O)C=Cc3ccc4nccnc4c3)c(C)nc2c1. The number of aromatic nitrogens is 3. The van der Waals surface area contributed by atoms with Crippen LogP contribution in [0.15, 0.2) is 85.2 Å². The number of hydrogen-bond acceptors (Lipinski definition) is 4. The summed E-state index contributed by atoms with van der Waals surface area (Å²) in [7, 11) is 0. The van der Waals surface area contributed by atoms with E-state index in [1.54, 1.807) is 18.5 Å². The Labute approximate surface area is 186 Å². The molecule has 2 aromatic heterocycles. The predicted molar refractivity (Wildman–Crippen MR) is 130 cm³/mol. The molecule has 0 fully saturated rings. The lowest BCUT2D eigenvalue weighted by molar-refractivity contribution is 0.104. The average molecular weight is 415 g/mol. The van der Waals surface area contributed by atoms with Gasteiger partial charge >= 0.3 is 0 Å². The zero-order chi connectivity index (χ0) is 22.1. The molecule has 0 spiro atoms. The number of fused-ring (bicyclic) bond motifs is 2. The van der Waals surface area contributed by atoms with E-state index < -0.39 is 0 Å². The van der Waals surface area contributed by atoms with E-state index in [9.17, 15) is 4.79 Å². The van der Waals surface area contributed by atoms with Gasteiger partial charge in [-0.1, -0.05) is 54.6 Å². The lowest BCUT2D eigenvalue weighted by Gasteiger charge is -2.14. The maximum absolute atomic E-state index is 13.5. The van der Waals surface area contributed by atoms with E-state index in [1.807, 2.05) is 68.5 Å². The Morgan fingerprint density at radius 1 is 0.812 bits per heavy atom. The molecule has 2 heterocycles. The van der Waals surface area contributed by atoms with E-state index in [4.69, 9.17) is 4.98 Å². The van der Waals surface area contributed by atoms with Crippen molar-refractivity contribution < 1.29 is 4.79 Å². The van der Waals surface area contributed by atoms with Gasteiger partial charge in [-0.25, -0.2) is 0 Å². The summed E-state index contributed by atoms with van der Waals surface area (Å²) in [4.78, 5) is 26.9. The van der Waals surface area contributed by atoms with Crippen molar-refractivity contribution in [1.29, 1.82) is 0 Å². The molecule has 3 aromatic carbocycles. The Morgan fingerprint density at radius 2 is 1.59 bits per heavy atom. The number of allylic oxidation sites excluding steroid dienone is 1. The van der Waals surface area contributed by atoms with Crippen LogP contribution in [0.3, 0.4) is 0 Å². The van der Waals surface area contributed by atoms with Crippen LogP contribution in [0, 0.1) is 13.8 Å². The van der Waals surface area contributed by atoms with Crippen molar-refractivity contribution in [3.8, 4) is 11.1 Å². The fraction of sp³-hybridized carbons (Fsp3) is 0.0714. The summed E-state index contributed by atoms with van der Waals surface area (Å²) in [5, 5.41) is 0.977. The van der Waals surface area contributed by atoms with Gasteiger partial charge in [0.1, 0.15) is 0 Å². The summed E-state index contributed by atoms with van der Waals surface area (Å²) < 4.78 is 0. The lowest BCUT2D eigenvalue weighted by Crippen LogP contribution is -2.05. The number of aryl methyl sites for hydroxylation is 2. The molecule has 4 heteroatoms. The number of ketones is 1. The van der Waals surface area contributed by atoms with Gasteiger partial charge in [-0.3, -0.25) is 19.7 Å². The van der Waals surface area contributed by atoms with E-state index in [-0.39, 0.29) is 5.78 Å². The first kappa shape index (κ1) is 19.8. The van der Waals surface area contributed by atoms with Gasteiger partial charge in [0.2, 0.25) is 0 Å². The van der Waals surface area contributed by atoms with Crippen molar-refractivity contribution in [1.82, 2.24) is 15.0 Å². The Bertz CT molecular complexity index is 1500. The second-order valence-electron chi connectivity index (χ2n) is 7.84. The number of hydrogen-bond donors (Lipinski definition) is 0. The van der Waals surface area contributed by atoms with Crippen LogP contribution in [0.1, 0.15) is 27.2 Å². The topological polar surface area (TPSA) is 55.7 Å². The van der Waals surface area contributed by atoms with Crippen LogP contribution in [0.4, 0.5) is 0 Å². The summed E-state index contributed by atoms with van der Waals surface area (Å²) in [5.74, 6) is -0.0735. The largest absolute Gasteiger partial charge is 0.289 e. The summed E-state index contributed by atoms with van der Waals surface area (Å²) in [5.41, 5.74) is 7.84. The number of pyridine rings is 1. The minimum atomic E-state index is -0.0735. The Morgan fingerprint density at radius 3 is 2.41 bits per heavy atom. The van der Waals surface area contributed by atoms with Crippen LogP contribution in [-0.4, -0.2) is 20.7 Å². The number of carbonyl (C=O) groups excluding carboxylic acids is 1. The summed E-state index contributed by atoms with van der Waals surface area (Å²) in [6.45, 7) is 3.95. The van der Waals surface area contributed by atoms with Gasteiger partial charge in [0, 0.05) is 29.0 Å². The monoisotopic (exact) mass is 415 g/mol. The van der Waals surface area contributed by atoms with Crippen molar-refractivity contribution in [3.63, 3.8) is 0 Å². The van der Waals surface area contributed by atoms with Gasteiger partial charge in [-0.2, -0.15) is 0 Å². The summed E-state index contributed by atoms with van der Waals surface area (Å²) in [6.07, 6.45) is 6.78. The van der Waals surface area contributed by atoms with E-state index in [1.165, 1.54) is 0 Å². The van der Waals surface area contributed by atoms with Gasteiger partial charge in [0.05, 0.1) is 22.1 Å². The highest BCUT2D eigenvalue weighted by atomic mass is 16.1. The minimum absolute atomic E-state index is 0.0735. The average Bonchev–Trinajstić information content (AvgIpc) is 2.82. The van der Waals surface area contributed by atoms with Crippen molar-refractivity contribution in [2.24, 2.45) is 0 Å². The van der Waals surface area contributed by atoms with Crippen molar-refractivity contribution in [2.75, 3.05) is 0 Å². The third kappa shape index (κ3) is 3.67. The molecule has 5 rings (SSSR count). The fourth-order valence-electron chi connectivity index (χ4n) is 4.04. The third-order valence-electron chi connectivity index (χ3n) is 5.55. The molecule has 0 radical (unpaired) electrons. The van der Waals surface area contributed by atoms with Gasteiger partial charge in [-0.15, -0.1) is 0 Å². The molecule has 4 nitrogen and oxygen atoms in total. The van der Waals surface area contributed by atoms with Gasteiger partial charge in [0.15, 0.2) is 5.78 Å². The predicted octanol–water partition coefficient (Wildman–Crippen LogP) is 6.36. The van der Waals surface area contributed by atoms with Crippen LogP contribution in [0.5, 0.6) is 0 Å². The normalized spacial score (nSPS) is 11.4. The molecule has 0 unspecified atom stereocenters. The maximum Gasteiger partial charge on any atom is 0.188 e. The number of benzene rings is 3. The first-order valence-corrected chi connectivity index (χ1v) is 10.5. The molecule has 0 aliphatic carbocycles. The van der Waals surface area contributed by atoms with Gasteiger partial charge < -0.3 is 0 Å². The summed E-state index contributed by atoms with van der Waals surface area (Å²) in [6, 6.07) is 22.0. The van der Waals surface area contributed by atoms with Crippen molar-refractivity contribution in [3.05, 3.63) is 108 Å². The smallest absolute Gasteiger partial charge is 0.188 e. The first-order chi connectivity index (χ1) is 15.6. The van der Waals surface area contributed by atoms with Gasteiger partial charge in [-0.05, 0) is 54.8 Å². The molecule has 0 N–H and O–H groups in total. The van der Waals surface area contributed by atoms with E-state index in [0.29, 0.717) is 5.56 Å². The maximum atomic E-state index is 13.5. The highest BCUT2D eigenvalue weighted by Gasteiger charge is 2.19. The molecule has 0 amide bonds. The van der Waals surface area contributed by atoms with Gasteiger partial charge in [0.25, 0.3) is 0 Å². The third-order valence-corrected chi connectivity index (χ3v) is 5.55. The van der Waals surface area contributed by atoms with E-state index in [2.05, 4.69) is 28.2 Å². The Balaban J connectivity index is 1.63. The number of carbonyl (C=O) groups is 1. The molecule has 0 bridgehead atoms. The molecular weight excluding hydrogens is 394 g/mol. The summed E-state index contributed by atoms with van der Waals surface area (Å²) >= 11 is 0. The molecule has 0 saturated carbocycles. The molecule has 32 heavy (non-hydrogen) atoms. The lowest BCUT2D eigenvalue weighted by atomic mass is 9.91. The molecular formula is C28H21N3O. The van der Waals surface area contributed by atoms with E-state index in [0.717, 1.165) is 49.9 Å². The van der Waals surface area contributed by atoms with Crippen molar-refractivity contribution in [2.45, 2.75) is 13.8 Å². The standard InChI is InChI=1S/C28H21N3O/c1-18-8-11-22-24(16-18)31-19(2)27(28(22)21-6-4-3-5-7-21)26(32)13-10-20-9-12-23-25(17-20)30-15-14-29-23/h3-17H,1-2H3. The Hall–Kier alpha value is -4.18. The molecule has 0 aliphatic rings. The van der Waals surface area contributed by atoms with Crippen LogP contribution < -0.4 is 0 Å². The first-order valence-electron chi connectivity index (χ1n) is 10.5. The number of rotatable bonds is 4. The second kappa shape index (κ2) is 8.16. The Kier molecular flexibility index (Phi) is 5.04. The minimum Gasteiger partial charge on any atom is -0.289 e. The van der Waals surface area contributed by atoms with Crippen LogP contribution in [-0.2, 0) is 0 Å². The van der Waals surface area contributed by atoms with Crippen LogP contribution >= 0.6 is 0 Å². The second-order valence-corrected chi connectivity index (χ2v) is 7.84. The zero-order valence-electron chi connectivity index (χ0n) is 17.9. The zero-order valence-corrected chi connectivity index (χ0v) is 17.9. The molecule has 0 saturated heterocycles. The quantitative estimate of drug-likeness (QED) is 0.253. The molecule has 0 aliphatic heterocycles. The van der Waals surface area contributed by atoms with E-state index >= 15 is 0 Å².